The Morgan fingerprint density at radius 3 is 1.27 bits per heavy atom. The molecule has 0 aliphatic heterocycles. The van der Waals surface area contributed by atoms with Gasteiger partial charge in [0.15, 0.2) is 0 Å². The third-order valence-electron chi connectivity index (χ3n) is 4.90. The van der Waals surface area contributed by atoms with E-state index >= 15 is 0 Å². The van der Waals surface area contributed by atoms with Gasteiger partial charge in [-0.2, -0.15) is 0 Å². The zero-order valence-electron chi connectivity index (χ0n) is 16.7. The Labute approximate surface area is 178 Å². The lowest BCUT2D eigenvalue weighted by molar-refractivity contribution is 0.370. The van der Waals surface area contributed by atoms with E-state index in [0.717, 1.165) is 16.9 Å². The Morgan fingerprint density at radius 1 is 0.533 bits per heavy atom. The fraction of sp³-hybridized carbons (Fsp3) is 0.0345. The van der Waals surface area contributed by atoms with Crippen LogP contribution in [0.1, 0.15) is 22.3 Å². The lowest BCUT2D eigenvalue weighted by atomic mass is 9.86. The zero-order valence-corrected chi connectivity index (χ0v) is 16.7. The van der Waals surface area contributed by atoms with Crippen LogP contribution in [0, 0.1) is 12.3 Å². The highest BCUT2D eigenvalue weighted by atomic mass is 16.5. The molecule has 4 aromatic carbocycles. The summed E-state index contributed by atoms with van der Waals surface area (Å²) in [7, 11) is 0. The summed E-state index contributed by atoms with van der Waals surface area (Å²) in [5.74, 6) is 3.28. The van der Waals surface area contributed by atoms with Crippen LogP contribution in [0.5, 0.6) is 5.75 Å². The maximum atomic E-state index is 5.57. The maximum absolute atomic E-state index is 5.57. The van der Waals surface area contributed by atoms with Gasteiger partial charge in [-0.1, -0.05) is 109 Å². The van der Waals surface area contributed by atoms with Crippen molar-refractivity contribution in [3.8, 4) is 18.1 Å². The van der Waals surface area contributed by atoms with Gasteiger partial charge in [0.05, 0.1) is 0 Å². The molecule has 1 heteroatoms. The standard InChI is InChI=1S/C29H22O/c1-2-22-30-27-20-18-26(19-21-27)29(25-16-10-5-11-17-25)28(23-12-6-3-7-13-23)24-14-8-4-9-15-24/h1,3-21H,22H2. The number of ether oxygens (including phenoxy) is 1. The number of hydrogen-bond donors (Lipinski definition) is 0. The van der Waals surface area contributed by atoms with Gasteiger partial charge in [0.1, 0.15) is 12.4 Å². The normalized spacial score (nSPS) is 10.1. The van der Waals surface area contributed by atoms with E-state index in [9.17, 15) is 0 Å². The molecule has 0 heterocycles. The zero-order chi connectivity index (χ0) is 20.6. The fourth-order valence-corrected chi connectivity index (χ4v) is 3.57. The minimum Gasteiger partial charge on any atom is -0.481 e. The molecule has 0 unspecified atom stereocenters. The first-order chi connectivity index (χ1) is 14.9. The van der Waals surface area contributed by atoms with Gasteiger partial charge in [-0.05, 0) is 45.5 Å². The van der Waals surface area contributed by atoms with Crippen molar-refractivity contribution >= 4 is 11.1 Å². The van der Waals surface area contributed by atoms with Crippen molar-refractivity contribution in [2.45, 2.75) is 0 Å². The maximum Gasteiger partial charge on any atom is 0.148 e. The van der Waals surface area contributed by atoms with Crippen LogP contribution in [-0.2, 0) is 0 Å². The second kappa shape index (κ2) is 9.45. The molecule has 0 spiro atoms. The van der Waals surface area contributed by atoms with E-state index in [-0.39, 0.29) is 6.61 Å². The van der Waals surface area contributed by atoms with Gasteiger partial charge in [-0.25, -0.2) is 0 Å². The topological polar surface area (TPSA) is 9.23 Å². The van der Waals surface area contributed by atoms with Crippen LogP contribution in [-0.4, -0.2) is 6.61 Å². The monoisotopic (exact) mass is 386 g/mol. The number of rotatable bonds is 6. The Kier molecular flexibility index (Phi) is 6.08. The van der Waals surface area contributed by atoms with E-state index < -0.39 is 0 Å². The van der Waals surface area contributed by atoms with Gasteiger partial charge in [-0.15, -0.1) is 6.42 Å². The van der Waals surface area contributed by atoms with Crippen molar-refractivity contribution in [3.05, 3.63) is 138 Å². The summed E-state index contributed by atoms with van der Waals surface area (Å²) in [6.45, 7) is 0.264. The highest BCUT2D eigenvalue weighted by Gasteiger charge is 2.15. The predicted octanol–water partition coefficient (Wildman–Crippen LogP) is 6.71. The molecule has 0 aliphatic carbocycles. The molecule has 0 fully saturated rings. The van der Waals surface area contributed by atoms with Crippen LogP contribution in [0.25, 0.3) is 11.1 Å². The largest absolute Gasteiger partial charge is 0.481 e. The van der Waals surface area contributed by atoms with E-state index in [1.807, 2.05) is 30.3 Å². The van der Waals surface area contributed by atoms with Crippen LogP contribution < -0.4 is 4.74 Å². The van der Waals surface area contributed by atoms with Crippen LogP contribution in [0.4, 0.5) is 0 Å². The molecule has 144 valence electrons. The molecule has 0 bridgehead atoms. The van der Waals surface area contributed by atoms with E-state index in [2.05, 4.69) is 90.8 Å². The van der Waals surface area contributed by atoms with Gasteiger partial charge in [0.25, 0.3) is 0 Å². The van der Waals surface area contributed by atoms with E-state index in [4.69, 9.17) is 11.2 Å². The molecule has 1 nitrogen and oxygen atoms in total. The molecular formula is C29H22O. The molecule has 0 saturated heterocycles. The molecule has 0 aliphatic rings. The summed E-state index contributed by atoms with van der Waals surface area (Å²) in [6, 6.07) is 39.7. The van der Waals surface area contributed by atoms with Crippen molar-refractivity contribution in [2.24, 2.45) is 0 Å². The number of benzene rings is 4. The highest BCUT2D eigenvalue weighted by Crippen LogP contribution is 2.37. The lowest BCUT2D eigenvalue weighted by Gasteiger charge is -2.18. The summed E-state index contributed by atoms with van der Waals surface area (Å²) < 4.78 is 5.57. The molecule has 4 aromatic rings. The van der Waals surface area contributed by atoms with Crippen molar-refractivity contribution in [1.29, 1.82) is 0 Å². The first-order valence-corrected chi connectivity index (χ1v) is 9.94. The molecular weight excluding hydrogens is 364 g/mol. The minimum atomic E-state index is 0.264. The second-order valence-corrected chi connectivity index (χ2v) is 6.87. The summed E-state index contributed by atoms with van der Waals surface area (Å²) in [4.78, 5) is 0. The van der Waals surface area contributed by atoms with Crippen molar-refractivity contribution in [3.63, 3.8) is 0 Å². The first-order valence-electron chi connectivity index (χ1n) is 9.94. The first kappa shape index (κ1) is 19.3. The van der Waals surface area contributed by atoms with Crippen LogP contribution in [0.3, 0.4) is 0 Å². The van der Waals surface area contributed by atoms with E-state index in [0.29, 0.717) is 0 Å². The van der Waals surface area contributed by atoms with Gasteiger partial charge in [-0.3, -0.25) is 0 Å². The SMILES string of the molecule is C#CCOc1ccc(C(=C(c2ccccc2)c2ccccc2)c2ccccc2)cc1. The Bertz CT molecular complexity index is 1110. The van der Waals surface area contributed by atoms with Crippen LogP contribution >= 0.6 is 0 Å². The Morgan fingerprint density at radius 2 is 0.900 bits per heavy atom. The van der Waals surface area contributed by atoms with E-state index in [1.165, 1.54) is 22.3 Å². The lowest BCUT2D eigenvalue weighted by Crippen LogP contribution is -1.98. The molecule has 0 saturated carbocycles. The van der Waals surface area contributed by atoms with Crippen LogP contribution in [0.15, 0.2) is 115 Å². The summed E-state index contributed by atoms with van der Waals surface area (Å²) in [5.41, 5.74) is 7.01. The van der Waals surface area contributed by atoms with Gasteiger partial charge in [0.2, 0.25) is 0 Å². The smallest absolute Gasteiger partial charge is 0.148 e. The molecule has 0 amide bonds. The minimum absolute atomic E-state index is 0.264. The molecule has 30 heavy (non-hydrogen) atoms. The fourth-order valence-electron chi connectivity index (χ4n) is 3.57. The average Bonchev–Trinajstić information content (AvgIpc) is 2.83. The van der Waals surface area contributed by atoms with Gasteiger partial charge in [0, 0.05) is 0 Å². The van der Waals surface area contributed by atoms with Crippen molar-refractivity contribution < 1.29 is 4.74 Å². The van der Waals surface area contributed by atoms with E-state index in [1.54, 1.807) is 0 Å². The number of hydrogen-bond acceptors (Lipinski definition) is 1. The van der Waals surface area contributed by atoms with Gasteiger partial charge < -0.3 is 4.74 Å². The van der Waals surface area contributed by atoms with Crippen molar-refractivity contribution in [1.82, 2.24) is 0 Å². The number of terminal acetylenes is 1. The molecule has 0 N–H and O–H groups in total. The van der Waals surface area contributed by atoms with Gasteiger partial charge >= 0.3 is 0 Å². The second-order valence-electron chi connectivity index (χ2n) is 6.87. The summed E-state index contributed by atoms with van der Waals surface area (Å²) in [6.07, 6.45) is 5.32. The highest BCUT2D eigenvalue weighted by molar-refractivity contribution is 6.04. The molecule has 0 atom stereocenters. The van der Waals surface area contributed by atoms with Crippen LogP contribution in [0.2, 0.25) is 0 Å². The Balaban J connectivity index is 1.97. The summed E-state index contributed by atoms with van der Waals surface area (Å²) in [5, 5.41) is 0. The quantitative estimate of drug-likeness (QED) is 0.264. The Hall–Kier alpha value is -4.02. The van der Waals surface area contributed by atoms with Crippen molar-refractivity contribution in [2.75, 3.05) is 6.61 Å². The third kappa shape index (κ3) is 4.35. The molecule has 4 rings (SSSR count). The summed E-state index contributed by atoms with van der Waals surface area (Å²) >= 11 is 0. The average molecular weight is 386 g/mol. The molecule has 0 aromatic heterocycles. The molecule has 0 radical (unpaired) electrons. The predicted molar refractivity (Wildman–Crippen MR) is 125 cm³/mol. The third-order valence-corrected chi connectivity index (χ3v) is 4.90.